The Hall–Kier alpha value is -2.35. The number of carbonyl (C=O) groups excluding carboxylic acids is 2. The standard InChI is InChI=1S/C18H14BrCl2N3O3/c1-2-8-27-15-7-6-12(19)9-11(15)10-22-24-18(26)17(25)23-14-5-3-4-13(20)16(14)21/h2-7,9-10H,1,8H2,(H,23,25)(H,24,26)/b22-10+. The summed E-state index contributed by atoms with van der Waals surface area (Å²) >= 11 is 15.2. The summed E-state index contributed by atoms with van der Waals surface area (Å²) in [5.74, 6) is -1.36. The molecule has 0 saturated heterocycles. The molecule has 0 aliphatic carbocycles. The molecule has 27 heavy (non-hydrogen) atoms. The summed E-state index contributed by atoms with van der Waals surface area (Å²) in [7, 11) is 0. The molecule has 0 aliphatic heterocycles. The van der Waals surface area contributed by atoms with E-state index in [1.54, 1.807) is 36.4 Å². The minimum atomic E-state index is -0.967. The number of anilines is 1. The number of nitrogens with zero attached hydrogens (tertiary/aromatic N) is 1. The summed E-state index contributed by atoms with van der Waals surface area (Å²) in [5.41, 5.74) is 2.96. The van der Waals surface area contributed by atoms with Gasteiger partial charge in [0.05, 0.1) is 21.9 Å². The van der Waals surface area contributed by atoms with Crippen molar-refractivity contribution in [2.45, 2.75) is 0 Å². The van der Waals surface area contributed by atoms with E-state index in [2.05, 4.69) is 38.4 Å². The highest BCUT2D eigenvalue weighted by atomic mass is 79.9. The highest BCUT2D eigenvalue weighted by Crippen LogP contribution is 2.29. The number of hydrazone groups is 1. The van der Waals surface area contributed by atoms with Gasteiger partial charge in [0.25, 0.3) is 0 Å². The van der Waals surface area contributed by atoms with Gasteiger partial charge in [0.15, 0.2) is 0 Å². The third kappa shape index (κ3) is 6.09. The first-order valence-corrected chi connectivity index (χ1v) is 9.09. The number of nitrogens with one attached hydrogen (secondary N) is 2. The average molecular weight is 471 g/mol. The normalized spacial score (nSPS) is 10.5. The Morgan fingerprint density at radius 3 is 2.74 bits per heavy atom. The maximum Gasteiger partial charge on any atom is 0.329 e. The molecule has 2 N–H and O–H groups in total. The topological polar surface area (TPSA) is 79.8 Å². The molecule has 2 aromatic rings. The Morgan fingerprint density at radius 1 is 1.22 bits per heavy atom. The number of amides is 2. The first kappa shape index (κ1) is 21.0. The van der Waals surface area contributed by atoms with Crippen molar-refractivity contribution in [3.05, 3.63) is 69.1 Å². The van der Waals surface area contributed by atoms with Crippen LogP contribution < -0.4 is 15.5 Å². The van der Waals surface area contributed by atoms with Gasteiger partial charge in [-0.15, -0.1) is 0 Å². The molecule has 0 aromatic heterocycles. The van der Waals surface area contributed by atoms with Gasteiger partial charge in [0, 0.05) is 10.0 Å². The summed E-state index contributed by atoms with van der Waals surface area (Å²) in [6.07, 6.45) is 2.97. The second-order valence-corrected chi connectivity index (χ2v) is 6.74. The minimum absolute atomic E-state index is 0.141. The SMILES string of the molecule is C=CCOc1ccc(Br)cc1/C=N/NC(=O)C(=O)Nc1cccc(Cl)c1Cl. The van der Waals surface area contributed by atoms with Crippen molar-refractivity contribution in [3.63, 3.8) is 0 Å². The van der Waals surface area contributed by atoms with E-state index in [1.165, 1.54) is 12.3 Å². The van der Waals surface area contributed by atoms with Crippen LogP contribution in [-0.2, 0) is 9.59 Å². The highest BCUT2D eigenvalue weighted by Gasteiger charge is 2.15. The van der Waals surface area contributed by atoms with E-state index >= 15 is 0 Å². The van der Waals surface area contributed by atoms with Crippen LogP contribution in [0.15, 0.2) is 58.6 Å². The van der Waals surface area contributed by atoms with Crippen LogP contribution in [-0.4, -0.2) is 24.6 Å². The van der Waals surface area contributed by atoms with E-state index in [0.717, 1.165) is 4.47 Å². The fraction of sp³-hybridized carbons (Fsp3) is 0.0556. The van der Waals surface area contributed by atoms with Gasteiger partial charge in [-0.05, 0) is 30.3 Å². The molecule has 0 atom stereocenters. The van der Waals surface area contributed by atoms with Gasteiger partial charge in [-0.3, -0.25) is 9.59 Å². The van der Waals surface area contributed by atoms with Gasteiger partial charge in [0.2, 0.25) is 0 Å². The molecule has 0 heterocycles. The van der Waals surface area contributed by atoms with Gasteiger partial charge in [-0.25, -0.2) is 5.43 Å². The predicted octanol–water partition coefficient (Wildman–Crippen LogP) is 4.41. The molecule has 9 heteroatoms. The summed E-state index contributed by atoms with van der Waals surface area (Å²) in [4.78, 5) is 23.8. The lowest BCUT2D eigenvalue weighted by Crippen LogP contribution is -2.32. The number of benzene rings is 2. The molecule has 2 rings (SSSR count). The lowest BCUT2D eigenvalue weighted by molar-refractivity contribution is -0.136. The van der Waals surface area contributed by atoms with E-state index in [9.17, 15) is 9.59 Å². The smallest absolute Gasteiger partial charge is 0.329 e. The molecular formula is C18H14BrCl2N3O3. The summed E-state index contributed by atoms with van der Waals surface area (Å²) in [6.45, 7) is 3.90. The van der Waals surface area contributed by atoms with Crippen LogP contribution in [0.1, 0.15) is 5.56 Å². The average Bonchev–Trinajstić information content (AvgIpc) is 2.64. The van der Waals surface area contributed by atoms with Crippen LogP contribution in [0.3, 0.4) is 0 Å². The number of hydrogen-bond acceptors (Lipinski definition) is 4. The minimum Gasteiger partial charge on any atom is -0.489 e. The zero-order chi connectivity index (χ0) is 19.8. The summed E-state index contributed by atoms with van der Waals surface area (Å²) < 4.78 is 6.30. The van der Waals surface area contributed by atoms with Gasteiger partial charge >= 0.3 is 11.8 Å². The number of hydrogen-bond donors (Lipinski definition) is 2. The second-order valence-electron chi connectivity index (χ2n) is 5.04. The van der Waals surface area contributed by atoms with Crippen molar-refractivity contribution in [2.75, 3.05) is 11.9 Å². The zero-order valence-corrected chi connectivity index (χ0v) is 16.9. The van der Waals surface area contributed by atoms with Crippen molar-refractivity contribution < 1.29 is 14.3 Å². The van der Waals surface area contributed by atoms with Crippen LogP contribution in [0.4, 0.5) is 5.69 Å². The molecule has 0 unspecified atom stereocenters. The van der Waals surface area contributed by atoms with Gasteiger partial charge in [-0.2, -0.15) is 5.10 Å². The zero-order valence-electron chi connectivity index (χ0n) is 13.8. The Balaban J connectivity index is 2.02. The molecule has 6 nitrogen and oxygen atoms in total. The third-order valence-corrected chi connectivity index (χ3v) is 4.42. The highest BCUT2D eigenvalue weighted by molar-refractivity contribution is 9.10. The number of carbonyl (C=O) groups is 2. The van der Waals surface area contributed by atoms with Crippen LogP contribution in [0.5, 0.6) is 5.75 Å². The van der Waals surface area contributed by atoms with E-state index in [1.807, 2.05) is 0 Å². The molecule has 0 fully saturated rings. The predicted molar refractivity (Wildman–Crippen MR) is 111 cm³/mol. The molecule has 2 amide bonds. The van der Waals surface area contributed by atoms with Crippen LogP contribution in [0.25, 0.3) is 0 Å². The molecule has 0 aliphatic rings. The quantitative estimate of drug-likeness (QED) is 0.284. The molecule has 0 spiro atoms. The monoisotopic (exact) mass is 469 g/mol. The summed E-state index contributed by atoms with van der Waals surface area (Å²) in [5, 5.41) is 6.55. The molecule has 2 aromatic carbocycles. The lowest BCUT2D eigenvalue weighted by Gasteiger charge is -2.08. The van der Waals surface area contributed by atoms with Crippen molar-refractivity contribution in [3.8, 4) is 5.75 Å². The fourth-order valence-electron chi connectivity index (χ4n) is 1.89. The first-order chi connectivity index (χ1) is 12.9. The Morgan fingerprint density at radius 2 is 2.00 bits per heavy atom. The van der Waals surface area contributed by atoms with Gasteiger partial charge in [-0.1, -0.05) is 57.9 Å². The number of rotatable bonds is 6. The Kier molecular flexibility index (Phi) is 7.84. The Bertz CT molecular complexity index is 903. The molecule has 0 radical (unpaired) electrons. The first-order valence-electron chi connectivity index (χ1n) is 7.54. The summed E-state index contributed by atoms with van der Waals surface area (Å²) in [6, 6.07) is 9.97. The lowest BCUT2D eigenvalue weighted by atomic mass is 10.2. The second kappa shape index (κ2) is 10.1. The van der Waals surface area contributed by atoms with E-state index in [4.69, 9.17) is 27.9 Å². The largest absolute Gasteiger partial charge is 0.489 e. The van der Waals surface area contributed by atoms with Crippen LogP contribution in [0.2, 0.25) is 10.0 Å². The number of halogens is 3. The van der Waals surface area contributed by atoms with E-state index < -0.39 is 11.8 Å². The number of ether oxygens (including phenoxy) is 1. The third-order valence-electron chi connectivity index (χ3n) is 3.10. The van der Waals surface area contributed by atoms with Crippen molar-refractivity contribution in [1.82, 2.24) is 5.43 Å². The van der Waals surface area contributed by atoms with E-state index in [0.29, 0.717) is 17.9 Å². The van der Waals surface area contributed by atoms with E-state index in [-0.39, 0.29) is 15.7 Å². The van der Waals surface area contributed by atoms with Crippen molar-refractivity contribution >= 4 is 62.8 Å². The fourth-order valence-corrected chi connectivity index (χ4v) is 2.62. The molecular weight excluding hydrogens is 457 g/mol. The molecule has 140 valence electrons. The van der Waals surface area contributed by atoms with Gasteiger partial charge in [0.1, 0.15) is 12.4 Å². The van der Waals surface area contributed by atoms with Crippen LogP contribution in [0, 0.1) is 0 Å². The maximum absolute atomic E-state index is 11.9. The van der Waals surface area contributed by atoms with Crippen molar-refractivity contribution in [2.24, 2.45) is 5.10 Å². The molecule has 0 saturated carbocycles. The Labute approximate surface area is 174 Å². The van der Waals surface area contributed by atoms with Crippen LogP contribution >= 0.6 is 39.1 Å². The van der Waals surface area contributed by atoms with Gasteiger partial charge < -0.3 is 10.1 Å². The van der Waals surface area contributed by atoms with Crippen molar-refractivity contribution in [1.29, 1.82) is 0 Å². The maximum atomic E-state index is 11.9. The molecule has 0 bridgehead atoms.